The quantitative estimate of drug-likeness (QED) is 0.419. The first-order valence-corrected chi connectivity index (χ1v) is 7.50. The van der Waals surface area contributed by atoms with Gasteiger partial charge in [-0.1, -0.05) is 16.8 Å². The van der Waals surface area contributed by atoms with Gasteiger partial charge < -0.3 is 14.9 Å². The van der Waals surface area contributed by atoms with E-state index < -0.39 is 0 Å². The van der Waals surface area contributed by atoms with Crippen molar-refractivity contribution in [2.45, 2.75) is 13.0 Å². The van der Waals surface area contributed by atoms with Crippen LogP contribution in [0.4, 0.5) is 5.95 Å². The Morgan fingerprint density at radius 2 is 2.08 bits per heavy atom. The molecule has 0 amide bonds. The molecule has 0 radical (unpaired) electrons. The van der Waals surface area contributed by atoms with Gasteiger partial charge in [-0.15, -0.1) is 5.10 Å². The molecule has 1 atom stereocenters. The van der Waals surface area contributed by atoms with Gasteiger partial charge in [0.1, 0.15) is 25.3 Å². The van der Waals surface area contributed by atoms with Crippen LogP contribution in [0.3, 0.4) is 0 Å². The Kier molecular flexibility index (Phi) is 4.76. The summed E-state index contributed by atoms with van der Waals surface area (Å²) in [5.74, 6) is 1.52. The van der Waals surface area contributed by atoms with Gasteiger partial charge in [-0.2, -0.15) is 9.50 Å². The van der Waals surface area contributed by atoms with Crippen molar-refractivity contribution in [2.24, 2.45) is 5.16 Å². The number of benzene rings is 1. The Hall–Kier alpha value is -2.87. The van der Waals surface area contributed by atoms with E-state index in [4.69, 9.17) is 16.3 Å². The second-order valence-corrected chi connectivity index (χ2v) is 5.23. The van der Waals surface area contributed by atoms with Crippen molar-refractivity contribution in [3.05, 3.63) is 47.2 Å². The third kappa shape index (κ3) is 3.54. The van der Waals surface area contributed by atoms with Crippen molar-refractivity contribution in [1.82, 2.24) is 19.6 Å². The Balaban J connectivity index is 1.85. The fourth-order valence-electron chi connectivity index (χ4n) is 2.09. The average Bonchev–Trinajstić information content (AvgIpc) is 3.00. The molecule has 0 aliphatic rings. The molecule has 2 aromatic heterocycles. The Bertz CT molecular complexity index is 849. The third-order valence-corrected chi connectivity index (χ3v) is 3.42. The zero-order chi connectivity index (χ0) is 16.9. The summed E-state index contributed by atoms with van der Waals surface area (Å²) in [5.41, 5.74) is 0.805. The summed E-state index contributed by atoms with van der Waals surface area (Å²) in [4.78, 5) is 13.0. The Morgan fingerprint density at radius 1 is 1.29 bits per heavy atom. The highest BCUT2D eigenvalue weighted by Crippen LogP contribution is 2.23. The fourth-order valence-corrected chi connectivity index (χ4v) is 2.22. The van der Waals surface area contributed by atoms with Gasteiger partial charge in [0.2, 0.25) is 5.95 Å². The number of nitrogens with zero attached hydrogens (tertiary/aromatic N) is 5. The Labute approximate surface area is 143 Å². The first kappa shape index (κ1) is 16.0. The largest absolute Gasteiger partial charge is 0.484 e. The number of hydrogen-bond acceptors (Lipinski definition) is 6. The predicted octanol–water partition coefficient (Wildman–Crippen LogP) is 2.92. The maximum Gasteiger partial charge on any atom is 0.254 e. The molecule has 3 rings (SSSR count). The van der Waals surface area contributed by atoms with Gasteiger partial charge in [-0.3, -0.25) is 0 Å². The van der Waals surface area contributed by atoms with Crippen LogP contribution in [0.25, 0.3) is 5.78 Å². The van der Waals surface area contributed by atoms with Crippen LogP contribution in [0.15, 0.2) is 41.7 Å². The van der Waals surface area contributed by atoms with E-state index in [1.54, 1.807) is 22.8 Å². The zero-order valence-corrected chi connectivity index (χ0v) is 13.8. The minimum atomic E-state index is -0.265. The summed E-state index contributed by atoms with van der Waals surface area (Å²) in [6.45, 7) is 1.92. The van der Waals surface area contributed by atoms with E-state index in [9.17, 15) is 0 Å². The number of nitrogens with one attached hydrogen (secondary N) is 1. The summed E-state index contributed by atoms with van der Waals surface area (Å²) in [6, 6.07) is 9.01. The molecule has 0 fully saturated rings. The lowest BCUT2D eigenvalue weighted by Crippen LogP contribution is -2.10. The fraction of sp³-hybridized carbons (Fsp3) is 0.200. The van der Waals surface area contributed by atoms with Crippen molar-refractivity contribution < 1.29 is 9.57 Å². The molecule has 0 bridgehead atoms. The van der Waals surface area contributed by atoms with Gasteiger partial charge in [0.05, 0.1) is 5.69 Å². The van der Waals surface area contributed by atoms with E-state index in [1.807, 2.05) is 25.1 Å². The Morgan fingerprint density at radius 3 is 2.83 bits per heavy atom. The summed E-state index contributed by atoms with van der Waals surface area (Å²) in [7, 11) is 1.45. The minimum Gasteiger partial charge on any atom is -0.484 e. The maximum atomic E-state index is 5.93. The van der Waals surface area contributed by atoms with Gasteiger partial charge in [0.15, 0.2) is 0 Å². The molecule has 2 heterocycles. The van der Waals surface area contributed by atoms with Crippen molar-refractivity contribution in [1.29, 1.82) is 0 Å². The number of fused-ring (bicyclic) bond motifs is 1. The number of anilines is 1. The monoisotopic (exact) mass is 346 g/mol. The molecule has 24 heavy (non-hydrogen) atoms. The van der Waals surface area contributed by atoms with Crippen LogP contribution in [-0.4, -0.2) is 33.0 Å². The molecular weight excluding hydrogens is 332 g/mol. The van der Waals surface area contributed by atoms with Crippen LogP contribution in [0.1, 0.15) is 18.7 Å². The second-order valence-electron chi connectivity index (χ2n) is 4.79. The lowest BCUT2D eigenvalue weighted by molar-refractivity contribution is 0.215. The highest BCUT2D eigenvalue weighted by atomic mass is 35.5. The van der Waals surface area contributed by atoms with Gasteiger partial charge in [-0.25, -0.2) is 4.98 Å². The van der Waals surface area contributed by atoms with E-state index in [2.05, 4.69) is 30.4 Å². The number of halogens is 1. The SMILES string of the molecule is CO/N=C\Nc1nc2nccc(C(C)Oc3ccc(Cl)cc3)n2n1. The van der Waals surface area contributed by atoms with E-state index in [1.165, 1.54) is 13.4 Å². The normalized spacial score (nSPS) is 12.5. The molecule has 1 unspecified atom stereocenters. The molecule has 8 nitrogen and oxygen atoms in total. The number of rotatable bonds is 6. The van der Waals surface area contributed by atoms with Crippen molar-refractivity contribution in [2.75, 3.05) is 12.4 Å². The third-order valence-electron chi connectivity index (χ3n) is 3.16. The van der Waals surface area contributed by atoms with Gasteiger partial charge in [-0.05, 0) is 37.3 Å². The van der Waals surface area contributed by atoms with Crippen LogP contribution in [0, 0.1) is 0 Å². The second kappa shape index (κ2) is 7.14. The molecule has 9 heteroatoms. The standard InChI is InChI=1S/C15H15ClN6O2/c1-10(24-12-5-3-11(16)4-6-12)13-7-8-17-15-20-14(21-22(13)15)18-9-19-23-2/h3-10H,1-2H3,(H,18,19,21). The molecule has 0 aliphatic heterocycles. The summed E-state index contributed by atoms with van der Waals surface area (Å²) in [5, 5.41) is 11.4. The van der Waals surface area contributed by atoms with Gasteiger partial charge >= 0.3 is 0 Å². The lowest BCUT2D eigenvalue weighted by Gasteiger charge is -2.15. The maximum absolute atomic E-state index is 5.93. The van der Waals surface area contributed by atoms with E-state index in [0.29, 0.717) is 22.5 Å². The van der Waals surface area contributed by atoms with E-state index in [-0.39, 0.29) is 6.10 Å². The molecule has 1 N–H and O–H groups in total. The first-order chi connectivity index (χ1) is 11.7. The highest BCUT2D eigenvalue weighted by molar-refractivity contribution is 6.30. The topological polar surface area (TPSA) is 85.9 Å². The van der Waals surface area contributed by atoms with E-state index in [0.717, 1.165) is 5.69 Å². The molecule has 0 aliphatic carbocycles. The van der Waals surface area contributed by atoms with Crippen LogP contribution < -0.4 is 10.1 Å². The first-order valence-electron chi connectivity index (χ1n) is 7.13. The number of ether oxygens (including phenoxy) is 1. The van der Waals surface area contributed by atoms with Crippen LogP contribution in [0.2, 0.25) is 5.02 Å². The van der Waals surface area contributed by atoms with Crippen molar-refractivity contribution >= 4 is 29.7 Å². The molecule has 0 saturated carbocycles. The average molecular weight is 347 g/mol. The number of oxime groups is 1. The van der Waals surface area contributed by atoms with Crippen LogP contribution >= 0.6 is 11.6 Å². The summed E-state index contributed by atoms with van der Waals surface area (Å²) >= 11 is 5.89. The van der Waals surface area contributed by atoms with Crippen LogP contribution in [0.5, 0.6) is 5.75 Å². The molecular formula is C15H15ClN6O2. The molecule has 0 saturated heterocycles. The van der Waals surface area contributed by atoms with Crippen LogP contribution in [-0.2, 0) is 4.84 Å². The highest BCUT2D eigenvalue weighted by Gasteiger charge is 2.15. The smallest absolute Gasteiger partial charge is 0.254 e. The summed E-state index contributed by atoms with van der Waals surface area (Å²) < 4.78 is 7.54. The van der Waals surface area contributed by atoms with Gasteiger partial charge in [0.25, 0.3) is 5.78 Å². The number of hydrogen-bond donors (Lipinski definition) is 1. The van der Waals surface area contributed by atoms with Crippen molar-refractivity contribution in [3.8, 4) is 5.75 Å². The number of aromatic nitrogens is 4. The lowest BCUT2D eigenvalue weighted by atomic mass is 10.2. The summed E-state index contributed by atoms with van der Waals surface area (Å²) in [6.07, 6.45) is 2.75. The van der Waals surface area contributed by atoms with Gasteiger partial charge in [0, 0.05) is 11.2 Å². The molecule has 1 aromatic carbocycles. The minimum absolute atomic E-state index is 0.265. The zero-order valence-electron chi connectivity index (χ0n) is 13.0. The molecule has 3 aromatic rings. The van der Waals surface area contributed by atoms with E-state index >= 15 is 0 Å². The molecule has 0 spiro atoms. The predicted molar refractivity (Wildman–Crippen MR) is 90.4 cm³/mol. The van der Waals surface area contributed by atoms with Crippen molar-refractivity contribution in [3.63, 3.8) is 0 Å². The molecule has 124 valence electrons.